The summed E-state index contributed by atoms with van der Waals surface area (Å²) >= 11 is 1.73. The van der Waals surface area contributed by atoms with Crippen molar-refractivity contribution in [3.05, 3.63) is 21.4 Å². The van der Waals surface area contributed by atoms with Crippen LogP contribution in [0.1, 0.15) is 53.7 Å². The van der Waals surface area contributed by atoms with E-state index in [0.717, 1.165) is 43.1 Å². The second-order valence-electron chi connectivity index (χ2n) is 8.01. The average Bonchev–Trinajstić information content (AvgIpc) is 3.11. The lowest BCUT2D eigenvalue weighted by molar-refractivity contribution is 0.0792. The Morgan fingerprint density at radius 2 is 2.18 bits per heavy atom. The van der Waals surface area contributed by atoms with Crippen molar-refractivity contribution in [2.24, 2.45) is 23.0 Å². The van der Waals surface area contributed by atoms with Gasteiger partial charge in [0.15, 0.2) is 0 Å². The van der Waals surface area contributed by atoms with Crippen LogP contribution in [-0.2, 0) is 12.8 Å². The molecule has 2 unspecified atom stereocenters. The van der Waals surface area contributed by atoms with Crippen LogP contribution in [0.15, 0.2) is 6.07 Å². The van der Waals surface area contributed by atoms with Gasteiger partial charge < -0.3 is 10.6 Å². The summed E-state index contributed by atoms with van der Waals surface area (Å²) in [4.78, 5) is 17.1. The molecule has 3 nitrogen and oxygen atoms in total. The number of nitrogens with two attached hydrogens (primary N) is 1. The third-order valence-corrected chi connectivity index (χ3v) is 6.65. The first-order valence-corrected chi connectivity index (χ1v) is 9.31. The summed E-state index contributed by atoms with van der Waals surface area (Å²) in [7, 11) is 0. The molecule has 1 saturated heterocycles. The number of thiophene rings is 1. The maximum Gasteiger partial charge on any atom is 0.263 e. The molecule has 1 aliphatic heterocycles. The van der Waals surface area contributed by atoms with E-state index in [2.05, 4.69) is 26.8 Å². The molecule has 22 heavy (non-hydrogen) atoms. The van der Waals surface area contributed by atoms with Gasteiger partial charge in [-0.25, -0.2) is 0 Å². The third-order valence-electron chi connectivity index (χ3n) is 5.42. The summed E-state index contributed by atoms with van der Waals surface area (Å²) in [6.45, 7) is 9.39. The predicted molar refractivity (Wildman–Crippen MR) is 92.4 cm³/mol. The summed E-state index contributed by atoms with van der Waals surface area (Å²) in [5.74, 6) is 1.44. The number of carbonyl (C=O) groups excluding carboxylic acids is 1. The Kier molecular flexibility index (Phi) is 4.34. The van der Waals surface area contributed by atoms with E-state index < -0.39 is 0 Å². The first-order chi connectivity index (χ1) is 10.4. The number of nitrogens with zero attached hydrogens (tertiary/aromatic N) is 1. The number of fused-ring (bicyclic) bond motifs is 1. The fourth-order valence-corrected chi connectivity index (χ4v) is 4.91. The molecule has 122 valence electrons. The van der Waals surface area contributed by atoms with Crippen molar-refractivity contribution in [3.8, 4) is 0 Å². The number of hydrogen-bond acceptors (Lipinski definition) is 3. The molecule has 4 heteroatoms. The number of rotatable bonds is 2. The second kappa shape index (κ2) is 5.97. The molecule has 0 radical (unpaired) electrons. The number of aryl methyl sites for hydroxylation is 1. The van der Waals surface area contributed by atoms with Crippen LogP contribution in [0.4, 0.5) is 0 Å². The molecule has 0 saturated carbocycles. The van der Waals surface area contributed by atoms with Gasteiger partial charge in [0.05, 0.1) is 4.88 Å². The molecule has 2 N–H and O–H groups in total. The van der Waals surface area contributed by atoms with Gasteiger partial charge in [-0.2, -0.15) is 0 Å². The lowest BCUT2D eigenvalue weighted by Crippen LogP contribution is -2.29. The summed E-state index contributed by atoms with van der Waals surface area (Å²) in [6, 6.07) is 2.18. The number of likely N-dealkylation sites (tertiary alicyclic amines) is 1. The highest BCUT2D eigenvalue weighted by Crippen LogP contribution is 2.40. The van der Waals surface area contributed by atoms with Crippen LogP contribution in [0.2, 0.25) is 0 Å². The average molecular weight is 321 g/mol. The molecule has 1 aliphatic carbocycles. The maximum atomic E-state index is 12.7. The van der Waals surface area contributed by atoms with Gasteiger partial charge in [-0.15, -0.1) is 11.3 Å². The van der Waals surface area contributed by atoms with E-state index in [9.17, 15) is 4.79 Å². The van der Waals surface area contributed by atoms with E-state index in [1.807, 2.05) is 4.90 Å². The Hall–Kier alpha value is -0.870. The maximum absolute atomic E-state index is 12.7. The minimum absolute atomic E-state index is 0.225. The topological polar surface area (TPSA) is 46.3 Å². The van der Waals surface area contributed by atoms with Crippen molar-refractivity contribution in [1.82, 2.24) is 4.90 Å². The van der Waals surface area contributed by atoms with Crippen LogP contribution >= 0.6 is 11.3 Å². The number of carbonyl (C=O) groups is 1. The lowest BCUT2D eigenvalue weighted by atomic mass is 9.72. The van der Waals surface area contributed by atoms with Gasteiger partial charge in [-0.05, 0) is 61.1 Å². The minimum Gasteiger partial charge on any atom is -0.338 e. The van der Waals surface area contributed by atoms with Gasteiger partial charge in [0.1, 0.15) is 0 Å². The highest BCUT2D eigenvalue weighted by Gasteiger charge is 2.32. The predicted octanol–water partition coefficient (Wildman–Crippen LogP) is 3.32. The van der Waals surface area contributed by atoms with Crippen molar-refractivity contribution in [3.63, 3.8) is 0 Å². The van der Waals surface area contributed by atoms with Crippen molar-refractivity contribution < 1.29 is 4.79 Å². The molecule has 0 aromatic carbocycles. The molecular weight excluding hydrogens is 292 g/mol. The molecule has 3 rings (SSSR count). The smallest absolute Gasteiger partial charge is 0.263 e. The van der Waals surface area contributed by atoms with Crippen LogP contribution in [0.3, 0.4) is 0 Å². The molecule has 1 fully saturated rings. The van der Waals surface area contributed by atoms with Crippen molar-refractivity contribution in [2.45, 2.75) is 46.5 Å². The van der Waals surface area contributed by atoms with Crippen molar-refractivity contribution in [2.75, 3.05) is 19.6 Å². The summed E-state index contributed by atoms with van der Waals surface area (Å²) in [6.07, 6.45) is 4.58. The molecule has 1 aromatic rings. The molecule has 2 aliphatic rings. The molecule has 1 aromatic heterocycles. The third kappa shape index (κ3) is 3.09. The van der Waals surface area contributed by atoms with Crippen LogP contribution in [0.5, 0.6) is 0 Å². The Morgan fingerprint density at radius 3 is 2.82 bits per heavy atom. The zero-order valence-corrected chi connectivity index (χ0v) is 14.8. The van der Waals surface area contributed by atoms with E-state index >= 15 is 0 Å². The van der Waals surface area contributed by atoms with E-state index in [-0.39, 0.29) is 5.91 Å². The largest absolute Gasteiger partial charge is 0.338 e. The summed E-state index contributed by atoms with van der Waals surface area (Å²) in [5.41, 5.74) is 7.51. The molecule has 0 bridgehead atoms. The molecule has 1 amide bonds. The molecular formula is C18H28N2OS. The van der Waals surface area contributed by atoms with Gasteiger partial charge in [0.25, 0.3) is 5.91 Å². The van der Waals surface area contributed by atoms with Gasteiger partial charge in [0, 0.05) is 18.0 Å². The van der Waals surface area contributed by atoms with E-state index in [0.29, 0.717) is 17.9 Å². The zero-order valence-electron chi connectivity index (χ0n) is 14.0. The van der Waals surface area contributed by atoms with Crippen LogP contribution in [0.25, 0.3) is 0 Å². The fraction of sp³-hybridized carbons (Fsp3) is 0.722. The monoisotopic (exact) mass is 320 g/mol. The number of amides is 1. The van der Waals surface area contributed by atoms with E-state index in [1.54, 1.807) is 11.3 Å². The minimum atomic E-state index is 0.225. The van der Waals surface area contributed by atoms with Gasteiger partial charge in [-0.1, -0.05) is 20.8 Å². The standard InChI is InChI=1S/C18H28N2OS/c1-18(2,3)14-4-5-15-13(8-14)9-16(22-15)17(21)20-7-6-12(10-19)11-20/h9,12,14H,4-8,10-11,19H2,1-3H3. The number of hydrogen-bond donors (Lipinski definition) is 1. The van der Waals surface area contributed by atoms with Crippen molar-refractivity contribution >= 4 is 17.2 Å². The van der Waals surface area contributed by atoms with Crippen molar-refractivity contribution in [1.29, 1.82) is 0 Å². The Labute approximate surface area is 137 Å². The van der Waals surface area contributed by atoms with Gasteiger partial charge >= 0.3 is 0 Å². The first-order valence-electron chi connectivity index (χ1n) is 8.49. The molecule has 0 spiro atoms. The SMILES string of the molecule is CC(C)(C)C1CCc2sc(C(=O)N3CCC(CN)C3)cc2C1. The molecule has 2 heterocycles. The van der Waals surface area contributed by atoms with Gasteiger partial charge in [0.2, 0.25) is 0 Å². The van der Waals surface area contributed by atoms with E-state index in [1.165, 1.54) is 16.9 Å². The Balaban J connectivity index is 1.73. The molecule has 2 atom stereocenters. The lowest BCUT2D eigenvalue weighted by Gasteiger charge is -2.33. The summed E-state index contributed by atoms with van der Waals surface area (Å²) in [5, 5.41) is 0. The first kappa shape index (κ1) is 16.0. The summed E-state index contributed by atoms with van der Waals surface area (Å²) < 4.78 is 0. The van der Waals surface area contributed by atoms with E-state index in [4.69, 9.17) is 5.73 Å². The Morgan fingerprint density at radius 1 is 1.41 bits per heavy atom. The zero-order chi connectivity index (χ0) is 15.9. The van der Waals surface area contributed by atoms with Crippen LogP contribution in [-0.4, -0.2) is 30.4 Å². The highest BCUT2D eigenvalue weighted by atomic mass is 32.1. The Bertz CT molecular complexity index is 558. The quantitative estimate of drug-likeness (QED) is 0.908. The second-order valence-corrected chi connectivity index (χ2v) is 9.14. The van der Waals surface area contributed by atoms with Gasteiger partial charge in [-0.3, -0.25) is 4.79 Å². The highest BCUT2D eigenvalue weighted by molar-refractivity contribution is 7.14. The normalized spacial score (nSPS) is 25.4. The fourth-order valence-electron chi connectivity index (χ4n) is 3.73. The van der Waals surface area contributed by atoms with Crippen LogP contribution in [0, 0.1) is 17.3 Å². The van der Waals surface area contributed by atoms with Crippen LogP contribution < -0.4 is 5.73 Å².